The average molecular weight is 312 g/mol. The highest BCUT2D eigenvalue weighted by Crippen LogP contribution is 2.28. The number of aromatic carboxylic acids is 1. The summed E-state index contributed by atoms with van der Waals surface area (Å²) >= 11 is 5.82. The van der Waals surface area contributed by atoms with Gasteiger partial charge < -0.3 is 14.4 Å². The first-order chi connectivity index (χ1) is 9.90. The summed E-state index contributed by atoms with van der Waals surface area (Å²) in [5, 5.41) is 20.2. The van der Waals surface area contributed by atoms with Crippen LogP contribution in [0.3, 0.4) is 0 Å². The van der Waals surface area contributed by atoms with E-state index in [9.17, 15) is 14.9 Å². The molecule has 0 amide bonds. The molecule has 21 heavy (non-hydrogen) atoms. The lowest BCUT2D eigenvalue weighted by Gasteiger charge is -2.07. The number of carboxylic acids is 1. The van der Waals surface area contributed by atoms with Crippen molar-refractivity contribution < 1.29 is 19.6 Å². The Labute approximate surface area is 123 Å². The van der Waals surface area contributed by atoms with Gasteiger partial charge >= 0.3 is 11.7 Å². The maximum atomic E-state index is 11.0. The lowest BCUT2D eigenvalue weighted by atomic mass is 10.2. The lowest BCUT2D eigenvalue weighted by Crippen LogP contribution is -2.06. The minimum atomic E-state index is -1.25. The van der Waals surface area contributed by atoms with Crippen LogP contribution in [0.25, 0.3) is 0 Å². The van der Waals surface area contributed by atoms with Crippen molar-refractivity contribution in [2.75, 3.05) is 0 Å². The number of imidazole rings is 1. The van der Waals surface area contributed by atoms with E-state index in [2.05, 4.69) is 4.98 Å². The van der Waals surface area contributed by atoms with E-state index in [1.54, 1.807) is 11.6 Å². The zero-order chi connectivity index (χ0) is 15.6. The largest absolute Gasteiger partial charge is 0.479 e. The number of nitrogens with zero attached hydrogens (tertiary/aromatic N) is 3. The van der Waals surface area contributed by atoms with Crippen molar-refractivity contribution in [1.82, 2.24) is 9.55 Å². The maximum Gasteiger partial charge on any atom is 0.335 e. The molecule has 1 aromatic carbocycles. The van der Waals surface area contributed by atoms with E-state index < -0.39 is 16.6 Å². The average Bonchev–Trinajstić information content (AvgIpc) is 2.76. The van der Waals surface area contributed by atoms with Gasteiger partial charge in [-0.05, 0) is 12.1 Å². The highest BCUT2D eigenvalue weighted by Gasteiger charge is 2.19. The van der Waals surface area contributed by atoms with E-state index in [4.69, 9.17) is 21.4 Å². The number of ether oxygens (including phenoxy) is 1. The van der Waals surface area contributed by atoms with Crippen molar-refractivity contribution in [2.45, 2.75) is 6.61 Å². The summed E-state index contributed by atoms with van der Waals surface area (Å²) in [7, 11) is 1.68. The second-order valence-corrected chi connectivity index (χ2v) is 4.48. The molecule has 0 atom stereocenters. The Bertz CT molecular complexity index is 713. The van der Waals surface area contributed by atoms with Gasteiger partial charge in [0.1, 0.15) is 17.6 Å². The van der Waals surface area contributed by atoms with Crippen LogP contribution in [-0.4, -0.2) is 25.6 Å². The van der Waals surface area contributed by atoms with Gasteiger partial charge in [0, 0.05) is 13.1 Å². The number of halogens is 1. The fraction of sp³-hybridized carbons (Fsp3) is 0.167. The topological polar surface area (TPSA) is 107 Å². The van der Waals surface area contributed by atoms with Gasteiger partial charge in [-0.15, -0.1) is 0 Å². The smallest absolute Gasteiger partial charge is 0.335 e. The number of aromatic nitrogens is 2. The Morgan fingerprint density at radius 3 is 2.81 bits per heavy atom. The Balaban J connectivity index is 2.25. The number of carboxylic acid groups (broad SMARTS) is 1. The summed E-state index contributed by atoms with van der Waals surface area (Å²) in [5.74, 6) is -0.804. The van der Waals surface area contributed by atoms with Gasteiger partial charge in [0.15, 0.2) is 5.75 Å². The van der Waals surface area contributed by atoms with E-state index in [-0.39, 0.29) is 17.9 Å². The van der Waals surface area contributed by atoms with Crippen molar-refractivity contribution in [1.29, 1.82) is 0 Å². The molecule has 1 N–H and O–H groups in total. The molecule has 0 aliphatic heterocycles. The fourth-order valence-electron chi connectivity index (χ4n) is 1.62. The summed E-state index contributed by atoms with van der Waals surface area (Å²) in [4.78, 5) is 25.1. The summed E-state index contributed by atoms with van der Waals surface area (Å²) < 4.78 is 6.91. The summed E-state index contributed by atoms with van der Waals surface area (Å²) in [6.07, 6.45) is 1.43. The quantitative estimate of drug-likeness (QED) is 0.670. The summed E-state index contributed by atoms with van der Waals surface area (Å²) in [6.45, 7) is -0.0313. The number of carbonyl (C=O) groups is 1. The van der Waals surface area contributed by atoms with Crippen molar-refractivity contribution in [2.24, 2.45) is 7.05 Å². The molecule has 8 nitrogen and oxygen atoms in total. The Hall–Kier alpha value is -2.61. The molecule has 0 unspecified atom stereocenters. The monoisotopic (exact) mass is 311 g/mol. The number of benzene rings is 1. The van der Waals surface area contributed by atoms with Gasteiger partial charge in [-0.25, -0.2) is 9.78 Å². The molecule has 1 heterocycles. The van der Waals surface area contributed by atoms with E-state index in [0.29, 0.717) is 11.0 Å². The van der Waals surface area contributed by atoms with Crippen LogP contribution in [0.1, 0.15) is 16.2 Å². The molecule has 0 saturated heterocycles. The number of rotatable bonds is 5. The minimum Gasteiger partial charge on any atom is -0.479 e. The van der Waals surface area contributed by atoms with Crippen LogP contribution < -0.4 is 4.74 Å². The van der Waals surface area contributed by atoms with Crippen LogP contribution in [0.4, 0.5) is 5.69 Å². The highest BCUT2D eigenvalue weighted by atomic mass is 35.5. The molecule has 2 rings (SSSR count). The molecule has 0 bridgehead atoms. The molecule has 0 aliphatic rings. The molecule has 0 saturated carbocycles. The SMILES string of the molecule is Cn1c(Cl)cnc1COc1ccc(C(=O)O)cc1[N+](=O)[O-]. The third-order valence-corrected chi connectivity index (χ3v) is 3.14. The number of hydrogen-bond donors (Lipinski definition) is 1. The van der Waals surface area contributed by atoms with Crippen LogP contribution in [0, 0.1) is 10.1 Å². The second kappa shape index (κ2) is 5.80. The van der Waals surface area contributed by atoms with Crippen LogP contribution >= 0.6 is 11.6 Å². The van der Waals surface area contributed by atoms with Gasteiger partial charge in [0.25, 0.3) is 0 Å². The summed E-state index contributed by atoms with van der Waals surface area (Å²) in [6, 6.07) is 3.42. The van der Waals surface area contributed by atoms with Gasteiger partial charge in [0.2, 0.25) is 0 Å². The molecule has 0 radical (unpaired) electrons. The normalized spacial score (nSPS) is 10.4. The van der Waals surface area contributed by atoms with Gasteiger partial charge in [0.05, 0.1) is 16.7 Å². The Morgan fingerprint density at radius 1 is 1.57 bits per heavy atom. The first-order valence-corrected chi connectivity index (χ1v) is 6.08. The molecule has 1 aromatic heterocycles. The van der Waals surface area contributed by atoms with E-state index in [1.807, 2.05) is 0 Å². The van der Waals surface area contributed by atoms with E-state index >= 15 is 0 Å². The van der Waals surface area contributed by atoms with Crippen LogP contribution in [0.15, 0.2) is 24.4 Å². The molecule has 110 valence electrons. The van der Waals surface area contributed by atoms with Crippen molar-refractivity contribution in [3.8, 4) is 5.75 Å². The van der Waals surface area contributed by atoms with Crippen molar-refractivity contribution >= 4 is 23.3 Å². The minimum absolute atomic E-state index is 0.0313. The number of hydrogen-bond acceptors (Lipinski definition) is 5. The number of nitro groups is 1. The summed E-state index contributed by atoms with van der Waals surface area (Å²) in [5.41, 5.74) is -0.607. The lowest BCUT2D eigenvalue weighted by molar-refractivity contribution is -0.386. The first-order valence-electron chi connectivity index (χ1n) is 5.70. The van der Waals surface area contributed by atoms with Crippen molar-refractivity contribution in [3.05, 3.63) is 51.1 Å². The zero-order valence-electron chi connectivity index (χ0n) is 10.8. The van der Waals surface area contributed by atoms with Crippen LogP contribution in [0.5, 0.6) is 5.75 Å². The predicted molar refractivity (Wildman–Crippen MR) is 72.6 cm³/mol. The molecular weight excluding hydrogens is 302 g/mol. The third kappa shape index (κ3) is 3.11. The standard InChI is InChI=1S/C12H10ClN3O5/c1-15-10(13)5-14-11(15)6-21-9-3-2-7(12(17)18)4-8(9)16(19)20/h2-5H,6H2,1H3,(H,17,18). The van der Waals surface area contributed by atoms with Crippen LogP contribution in [0.2, 0.25) is 5.15 Å². The van der Waals surface area contributed by atoms with Gasteiger partial charge in [-0.2, -0.15) is 0 Å². The first kappa shape index (κ1) is 14.8. The fourth-order valence-corrected chi connectivity index (χ4v) is 1.76. The molecular formula is C12H10ClN3O5. The van der Waals surface area contributed by atoms with Crippen molar-refractivity contribution in [3.63, 3.8) is 0 Å². The zero-order valence-corrected chi connectivity index (χ0v) is 11.6. The van der Waals surface area contributed by atoms with Gasteiger partial charge in [-0.1, -0.05) is 11.6 Å². The third-order valence-electron chi connectivity index (χ3n) is 2.79. The predicted octanol–water partition coefficient (Wildman–Crippen LogP) is 2.26. The van der Waals surface area contributed by atoms with Crippen LogP contribution in [-0.2, 0) is 13.7 Å². The molecule has 0 spiro atoms. The second-order valence-electron chi connectivity index (χ2n) is 4.09. The van der Waals surface area contributed by atoms with E-state index in [0.717, 1.165) is 6.07 Å². The maximum absolute atomic E-state index is 11.0. The molecule has 9 heteroatoms. The number of nitro benzene ring substituents is 1. The molecule has 0 fully saturated rings. The van der Waals surface area contributed by atoms with E-state index in [1.165, 1.54) is 18.3 Å². The Morgan fingerprint density at radius 2 is 2.29 bits per heavy atom. The molecule has 0 aliphatic carbocycles. The Kier molecular flexibility index (Phi) is 4.08. The van der Waals surface area contributed by atoms with Gasteiger partial charge in [-0.3, -0.25) is 10.1 Å². The highest BCUT2D eigenvalue weighted by molar-refractivity contribution is 6.29. The molecule has 2 aromatic rings.